The monoisotopic (exact) mass is 493 g/mol. The lowest BCUT2D eigenvalue weighted by Crippen LogP contribution is -2.14. The number of carbonyl (C=O) groups is 1. The molecule has 31 heavy (non-hydrogen) atoms. The molecular weight excluding hydrogens is 474 g/mol. The molecule has 1 aromatic heterocycles. The van der Waals surface area contributed by atoms with E-state index in [4.69, 9.17) is 10.5 Å². The molecule has 0 saturated carbocycles. The Bertz CT molecular complexity index is 1290. The van der Waals surface area contributed by atoms with E-state index in [9.17, 15) is 4.79 Å². The molecule has 0 aliphatic rings. The SMILES string of the molecule is COc1cccc(Nc2c(C(N)=O)cnc3c(C)cc(Sc4cccc(Br)c4)cc23)c1. The van der Waals surface area contributed by atoms with Crippen LogP contribution in [0.25, 0.3) is 10.9 Å². The van der Waals surface area contributed by atoms with Crippen molar-refractivity contribution in [3.05, 3.63) is 82.5 Å². The van der Waals surface area contributed by atoms with Crippen molar-refractivity contribution in [1.29, 1.82) is 0 Å². The van der Waals surface area contributed by atoms with Gasteiger partial charge in [-0.2, -0.15) is 0 Å². The third-order valence-corrected chi connectivity index (χ3v) is 6.23. The summed E-state index contributed by atoms with van der Waals surface area (Å²) in [6, 6.07) is 19.8. The minimum atomic E-state index is -0.539. The first kappa shape index (κ1) is 21.2. The second-order valence-electron chi connectivity index (χ2n) is 6.96. The number of aryl methyl sites for hydroxylation is 1. The zero-order valence-corrected chi connectivity index (χ0v) is 19.4. The first-order valence-electron chi connectivity index (χ1n) is 9.52. The fourth-order valence-corrected chi connectivity index (χ4v) is 4.91. The average molecular weight is 494 g/mol. The van der Waals surface area contributed by atoms with Gasteiger partial charge in [0.1, 0.15) is 5.75 Å². The summed E-state index contributed by atoms with van der Waals surface area (Å²) in [4.78, 5) is 18.9. The molecule has 0 aliphatic heterocycles. The van der Waals surface area contributed by atoms with Gasteiger partial charge in [0.15, 0.2) is 0 Å². The molecule has 0 unspecified atom stereocenters. The molecule has 156 valence electrons. The summed E-state index contributed by atoms with van der Waals surface area (Å²) in [5.74, 6) is 0.175. The highest BCUT2D eigenvalue weighted by atomic mass is 79.9. The summed E-state index contributed by atoms with van der Waals surface area (Å²) >= 11 is 5.17. The number of nitrogens with one attached hydrogen (secondary N) is 1. The van der Waals surface area contributed by atoms with Gasteiger partial charge in [-0.25, -0.2) is 0 Å². The lowest BCUT2D eigenvalue weighted by molar-refractivity contribution is 0.100. The quantitative estimate of drug-likeness (QED) is 0.329. The van der Waals surface area contributed by atoms with E-state index in [-0.39, 0.29) is 0 Å². The zero-order valence-electron chi connectivity index (χ0n) is 17.0. The summed E-state index contributed by atoms with van der Waals surface area (Å²) in [5, 5.41) is 4.19. The van der Waals surface area contributed by atoms with Gasteiger partial charge in [-0.1, -0.05) is 39.8 Å². The maximum atomic E-state index is 12.2. The van der Waals surface area contributed by atoms with Gasteiger partial charge >= 0.3 is 0 Å². The number of hydrogen-bond donors (Lipinski definition) is 2. The Morgan fingerprint density at radius 2 is 1.90 bits per heavy atom. The van der Waals surface area contributed by atoms with Crippen LogP contribution >= 0.6 is 27.7 Å². The van der Waals surface area contributed by atoms with Crippen molar-refractivity contribution >= 4 is 55.9 Å². The molecule has 7 heteroatoms. The number of primary amides is 1. The highest BCUT2D eigenvalue weighted by molar-refractivity contribution is 9.10. The summed E-state index contributed by atoms with van der Waals surface area (Å²) in [6.45, 7) is 2.01. The Labute approximate surface area is 193 Å². The molecule has 4 aromatic rings. The standard InChI is InChI=1S/C24H20BrN3O2S/c1-14-9-19(31-18-8-3-5-15(25)10-18)12-20-22(14)27-13-21(24(26)29)23(20)28-16-6-4-7-17(11-16)30-2/h3-13H,1-2H3,(H2,26,29)(H,27,28). The number of hydrogen-bond acceptors (Lipinski definition) is 5. The van der Waals surface area contributed by atoms with Crippen LogP contribution in [-0.4, -0.2) is 18.0 Å². The Morgan fingerprint density at radius 1 is 1.10 bits per heavy atom. The number of fused-ring (bicyclic) bond motifs is 1. The third-order valence-electron chi connectivity index (χ3n) is 4.77. The molecule has 1 heterocycles. The van der Waals surface area contributed by atoms with Gasteiger partial charge in [-0.3, -0.25) is 9.78 Å². The van der Waals surface area contributed by atoms with Gasteiger partial charge < -0.3 is 15.8 Å². The predicted molar refractivity (Wildman–Crippen MR) is 130 cm³/mol. The smallest absolute Gasteiger partial charge is 0.252 e. The van der Waals surface area contributed by atoms with E-state index in [2.05, 4.69) is 44.4 Å². The summed E-state index contributed by atoms with van der Waals surface area (Å²) in [6.07, 6.45) is 1.53. The van der Waals surface area contributed by atoms with Gasteiger partial charge in [0.2, 0.25) is 0 Å². The van der Waals surface area contributed by atoms with Crippen LogP contribution in [-0.2, 0) is 0 Å². The number of amides is 1. The molecule has 0 atom stereocenters. The largest absolute Gasteiger partial charge is 0.497 e. The number of methoxy groups -OCH3 is 1. The molecule has 3 N–H and O–H groups in total. The highest BCUT2D eigenvalue weighted by Gasteiger charge is 2.16. The fourth-order valence-electron chi connectivity index (χ4n) is 3.34. The average Bonchev–Trinajstić information content (AvgIpc) is 2.74. The lowest BCUT2D eigenvalue weighted by atomic mass is 10.1. The third kappa shape index (κ3) is 4.68. The maximum absolute atomic E-state index is 12.2. The fraction of sp³-hybridized carbons (Fsp3) is 0.0833. The summed E-state index contributed by atoms with van der Waals surface area (Å²) in [7, 11) is 1.62. The van der Waals surface area contributed by atoms with Gasteiger partial charge in [0, 0.05) is 37.6 Å². The summed E-state index contributed by atoms with van der Waals surface area (Å²) in [5.41, 5.74) is 9.26. The highest BCUT2D eigenvalue weighted by Crippen LogP contribution is 2.37. The van der Waals surface area contributed by atoms with Crippen LogP contribution in [0.3, 0.4) is 0 Å². The van der Waals surface area contributed by atoms with Crippen LogP contribution in [0.15, 0.2) is 81.1 Å². The number of rotatable bonds is 6. The molecule has 0 aliphatic carbocycles. The van der Waals surface area contributed by atoms with Crippen molar-refractivity contribution in [3.63, 3.8) is 0 Å². The van der Waals surface area contributed by atoms with Crippen LogP contribution in [0, 0.1) is 6.92 Å². The van der Waals surface area contributed by atoms with E-state index < -0.39 is 5.91 Å². The van der Waals surface area contributed by atoms with E-state index in [1.54, 1.807) is 18.9 Å². The molecule has 0 saturated heterocycles. The number of pyridine rings is 1. The van der Waals surface area contributed by atoms with Crippen LogP contribution < -0.4 is 15.8 Å². The molecule has 1 amide bonds. The Morgan fingerprint density at radius 3 is 2.65 bits per heavy atom. The lowest BCUT2D eigenvalue weighted by Gasteiger charge is -2.16. The van der Waals surface area contributed by atoms with Crippen LogP contribution in [0.1, 0.15) is 15.9 Å². The van der Waals surface area contributed by atoms with Crippen molar-refractivity contribution in [2.24, 2.45) is 5.73 Å². The van der Waals surface area contributed by atoms with Gasteiger partial charge in [-0.15, -0.1) is 0 Å². The Kier molecular flexibility index (Phi) is 6.15. The van der Waals surface area contributed by atoms with E-state index in [0.29, 0.717) is 17.0 Å². The summed E-state index contributed by atoms with van der Waals surface area (Å²) < 4.78 is 6.34. The first-order chi connectivity index (χ1) is 14.9. The number of anilines is 2. The number of ether oxygens (including phenoxy) is 1. The number of halogens is 1. The number of carbonyl (C=O) groups excluding carboxylic acids is 1. The molecule has 0 spiro atoms. The predicted octanol–water partition coefficient (Wildman–Crippen LogP) is 6.31. The van der Waals surface area contributed by atoms with Crippen LogP contribution in [0.2, 0.25) is 0 Å². The van der Waals surface area contributed by atoms with Crippen LogP contribution in [0.4, 0.5) is 11.4 Å². The van der Waals surface area contributed by atoms with Crippen molar-refractivity contribution in [3.8, 4) is 5.75 Å². The van der Waals surface area contributed by atoms with E-state index in [1.807, 2.05) is 49.4 Å². The Balaban J connectivity index is 1.85. The minimum Gasteiger partial charge on any atom is -0.497 e. The second-order valence-corrected chi connectivity index (χ2v) is 9.03. The van der Waals surface area contributed by atoms with Crippen molar-refractivity contribution in [2.75, 3.05) is 12.4 Å². The minimum absolute atomic E-state index is 0.333. The van der Waals surface area contributed by atoms with E-state index >= 15 is 0 Å². The van der Waals surface area contributed by atoms with Gasteiger partial charge in [-0.05, 0) is 55.0 Å². The molecule has 4 rings (SSSR count). The number of nitrogens with zero attached hydrogens (tertiary/aromatic N) is 1. The number of nitrogens with two attached hydrogens (primary N) is 1. The molecular formula is C24H20BrN3O2S. The van der Waals surface area contributed by atoms with E-state index in [1.165, 1.54) is 6.20 Å². The second kappa shape index (κ2) is 8.99. The number of aromatic nitrogens is 1. The molecule has 5 nitrogen and oxygen atoms in total. The maximum Gasteiger partial charge on any atom is 0.252 e. The normalized spacial score (nSPS) is 10.8. The molecule has 0 bridgehead atoms. The van der Waals surface area contributed by atoms with E-state index in [0.717, 1.165) is 36.4 Å². The van der Waals surface area contributed by atoms with Crippen LogP contribution in [0.5, 0.6) is 5.75 Å². The van der Waals surface area contributed by atoms with Crippen molar-refractivity contribution in [2.45, 2.75) is 16.7 Å². The van der Waals surface area contributed by atoms with Gasteiger partial charge in [0.25, 0.3) is 5.91 Å². The Hall–Kier alpha value is -3.03. The molecule has 0 radical (unpaired) electrons. The molecule has 0 fully saturated rings. The van der Waals surface area contributed by atoms with Gasteiger partial charge in [0.05, 0.1) is 23.9 Å². The molecule has 3 aromatic carbocycles. The van der Waals surface area contributed by atoms with Crippen molar-refractivity contribution in [1.82, 2.24) is 4.98 Å². The van der Waals surface area contributed by atoms with Crippen molar-refractivity contribution < 1.29 is 9.53 Å². The first-order valence-corrected chi connectivity index (χ1v) is 11.1. The topological polar surface area (TPSA) is 77.2 Å². The number of benzene rings is 3. The zero-order chi connectivity index (χ0) is 22.0.